The number of nitrogens with one attached hydrogen (secondary N) is 1. The zero-order chi connectivity index (χ0) is 16.4. The molecular weight excluding hydrogens is 310 g/mol. The van der Waals surface area contributed by atoms with Gasteiger partial charge < -0.3 is 0 Å². The predicted octanol–water partition coefficient (Wildman–Crippen LogP) is 3.20. The van der Waals surface area contributed by atoms with Crippen LogP contribution in [-0.4, -0.2) is 18.2 Å². The second-order valence-corrected chi connectivity index (χ2v) is 7.08. The van der Waals surface area contributed by atoms with E-state index in [1.54, 1.807) is 47.3 Å². The highest BCUT2D eigenvalue weighted by atomic mass is 32.2. The molecule has 0 spiro atoms. The standard InChI is InChI=1S/C17H17N3O2S/c1-13-6-8-17(9-7-13)23(21,22)19-16-5-3-4-14(10-16)15-11-18-20(2)12-15/h3-12,19H,1-2H3. The van der Waals surface area contributed by atoms with E-state index in [1.165, 1.54) is 0 Å². The molecule has 0 radical (unpaired) electrons. The van der Waals surface area contributed by atoms with Crippen LogP contribution in [-0.2, 0) is 17.1 Å². The summed E-state index contributed by atoms with van der Waals surface area (Å²) in [6, 6.07) is 14.0. The number of anilines is 1. The van der Waals surface area contributed by atoms with Crippen LogP contribution in [0.4, 0.5) is 5.69 Å². The fourth-order valence-electron chi connectivity index (χ4n) is 2.26. The first kappa shape index (κ1) is 15.3. The van der Waals surface area contributed by atoms with Gasteiger partial charge in [0.05, 0.1) is 11.1 Å². The Balaban J connectivity index is 1.89. The van der Waals surface area contributed by atoms with Crippen LogP contribution in [0.1, 0.15) is 5.56 Å². The molecule has 118 valence electrons. The van der Waals surface area contributed by atoms with Gasteiger partial charge in [-0.3, -0.25) is 9.40 Å². The van der Waals surface area contributed by atoms with E-state index < -0.39 is 10.0 Å². The number of hydrogen-bond donors (Lipinski definition) is 1. The lowest BCUT2D eigenvalue weighted by molar-refractivity contribution is 0.601. The molecule has 0 aliphatic heterocycles. The highest BCUT2D eigenvalue weighted by Crippen LogP contribution is 2.24. The Morgan fingerprint density at radius 1 is 1.04 bits per heavy atom. The Kier molecular flexibility index (Phi) is 3.92. The van der Waals surface area contributed by atoms with Crippen LogP contribution in [0.5, 0.6) is 0 Å². The largest absolute Gasteiger partial charge is 0.280 e. The fourth-order valence-corrected chi connectivity index (χ4v) is 3.31. The number of nitrogens with zero attached hydrogens (tertiary/aromatic N) is 2. The van der Waals surface area contributed by atoms with E-state index >= 15 is 0 Å². The quantitative estimate of drug-likeness (QED) is 0.800. The van der Waals surface area contributed by atoms with Gasteiger partial charge in [-0.05, 0) is 36.8 Å². The third kappa shape index (κ3) is 3.43. The first-order chi connectivity index (χ1) is 10.9. The highest BCUT2D eigenvalue weighted by Gasteiger charge is 2.14. The summed E-state index contributed by atoms with van der Waals surface area (Å²) in [4.78, 5) is 0.245. The van der Waals surface area contributed by atoms with Gasteiger partial charge in [0.15, 0.2) is 0 Å². The van der Waals surface area contributed by atoms with Crippen molar-refractivity contribution in [3.63, 3.8) is 0 Å². The molecule has 0 fully saturated rings. The average molecular weight is 327 g/mol. The van der Waals surface area contributed by atoms with Crippen LogP contribution < -0.4 is 4.72 Å². The summed E-state index contributed by atoms with van der Waals surface area (Å²) in [6.45, 7) is 1.92. The van der Waals surface area contributed by atoms with Gasteiger partial charge in [-0.1, -0.05) is 29.8 Å². The molecule has 0 aliphatic carbocycles. The molecule has 23 heavy (non-hydrogen) atoms. The summed E-state index contributed by atoms with van der Waals surface area (Å²) in [5.74, 6) is 0. The zero-order valence-corrected chi connectivity index (χ0v) is 13.7. The van der Waals surface area contributed by atoms with Crippen LogP contribution >= 0.6 is 0 Å². The number of benzene rings is 2. The van der Waals surface area contributed by atoms with Gasteiger partial charge in [-0.2, -0.15) is 5.10 Å². The van der Waals surface area contributed by atoms with Crippen LogP contribution in [0, 0.1) is 6.92 Å². The van der Waals surface area contributed by atoms with Crippen molar-refractivity contribution >= 4 is 15.7 Å². The molecule has 3 aromatic rings. The lowest BCUT2D eigenvalue weighted by atomic mass is 10.1. The Labute approximate surface area is 135 Å². The van der Waals surface area contributed by atoms with Gasteiger partial charge >= 0.3 is 0 Å². The van der Waals surface area contributed by atoms with Crippen molar-refractivity contribution in [1.29, 1.82) is 0 Å². The molecule has 5 nitrogen and oxygen atoms in total. The predicted molar refractivity (Wildman–Crippen MR) is 90.6 cm³/mol. The highest BCUT2D eigenvalue weighted by molar-refractivity contribution is 7.92. The lowest BCUT2D eigenvalue weighted by Crippen LogP contribution is -2.12. The maximum Gasteiger partial charge on any atom is 0.261 e. The normalized spacial score (nSPS) is 11.4. The minimum absolute atomic E-state index is 0.245. The molecule has 6 heteroatoms. The van der Waals surface area contributed by atoms with Crippen LogP contribution in [0.15, 0.2) is 65.8 Å². The summed E-state index contributed by atoms with van der Waals surface area (Å²) >= 11 is 0. The Morgan fingerprint density at radius 3 is 2.43 bits per heavy atom. The SMILES string of the molecule is Cc1ccc(S(=O)(=O)Nc2cccc(-c3cnn(C)c3)c2)cc1. The van der Waals surface area contributed by atoms with E-state index in [4.69, 9.17) is 0 Å². The van der Waals surface area contributed by atoms with E-state index in [9.17, 15) is 8.42 Å². The third-order valence-corrected chi connectivity index (χ3v) is 4.88. The van der Waals surface area contributed by atoms with Crippen molar-refractivity contribution < 1.29 is 8.42 Å². The summed E-state index contributed by atoms with van der Waals surface area (Å²) in [6.07, 6.45) is 3.63. The molecule has 0 atom stereocenters. The van der Waals surface area contributed by atoms with E-state index in [0.29, 0.717) is 5.69 Å². The number of hydrogen-bond acceptors (Lipinski definition) is 3. The zero-order valence-electron chi connectivity index (χ0n) is 12.9. The number of sulfonamides is 1. The molecule has 0 bridgehead atoms. The molecule has 1 aromatic heterocycles. The van der Waals surface area contributed by atoms with Gasteiger partial charge in [0.2, 0.25) is 0 Å². The Bertz CT molecular complexity index is 928. The molecule has 0 amide bonds. The monoisotopic (exact) mass is 327 g/mol. The summed E-state index contributed by atoms with van der Waals surface area (Å²) in [7, 11) is -1.75. The van der Waals surface area contributed by atoms with E-state index in [1.807, 2.05) is 32.3 Å². The van der Waals surface area contributed by atoms with E-state index in [-0.39, 0.29) is 4.90 Å². The van der Waals surface area contributed by atoms with Crippen molar-refractivity contribution in [3.8, 4) is 11.1 Å². The number of aromatic nitrogens is 2. The molecule has 0 saturated carbocycles. The van der Waals surface area contributed by atoms with Crippen molar-refractivity contribution in [2.24, 2.45) is 7.05 Å². The lowest BCUT2D eigenvalue weighted by Gasteiger charge is -2.09. The molecule has 0 aliphatic rings. The second-order valence-electron chi connectivity index (χ2n) is 5.40. The smallest absolute Gasteiger partial charge is 0.261 e. The van der Waals surface area contributed by atoms with Crippen LogP contribution in [0.3, 0.4) is 0 Å². The van der Waals surface area contributed by atoms with Crippen molar-refractivity contribution in [2.75, 3.05) is 4.72 Å². The van der Waals surface area contributed by atoms with Crippen molar-refractivity contribution in [1.82, 2.24) is 9.78 Å². The summed E-state index contributed by atoms with van der Waals surface area (Å²) < 4.78 is 29.2. The van der Waals surface area contributed by atoms with Crippen LogP contribution in [0.2, 0.25) is 0 Å². The van der Waals surface area contributed by atoms with Gasteiger partial charge in [0.25, 0.3) is 10.0 Å². The van der Waals surface area contributed by atoms with E-state index in [2.05, 4.69) is 9.82 Å². The molecule has 3 rings (SSSR count). The number of aryl methyl sites for hydroxylation is 2. The van der Waals surface area contributed by atoms with Crippen LogP contribution in [0.25, 0.3) is 11.1 Å². The molecule has 1 N–H and O–H groups in total. The number of rotatable bonds is 4. The van der Waals surface area contributed by atoms with E-state index in [0.717, 1.165) is 16.7 Å². The summed E-state index contributed by atoms with van der Waals surface area (Å²) in [5.41, 5.74) is 3.38. The Hall–Kier alpha value is -2.60. The molecule has 0 unspecified atom stereocenters. The second kappa shape index (κ2) is 5.89. The first-order valence-corrected chi connectivity index (χ1v) is 8.61. The average Bonchev–Trinajstić information content (AvgIpc) is 2.94. The molecule has 1 heterocycles. The maximum atomic E-state index is 12.4. The maximum absolute atomic E-state index is 12.4. The minimum atomic E-state index is -3.59. The van der Waals surface area contributed by atoms with Gasteiger partial charge in [-0.25, -0.2) is 8.42 Å². The molecular formula is C17H17N3O2S. The summed E-state index contributed by atoms with van der Waals surface area (Å²) in [5, 5.41) is 4.13. The fraction of sp³-hybridized carbons (Fsp3) is 0.118. The Morgan fingerprint density at radius 2 is 1.78 bits per heavy atom. The first-order valence-electron chi connectivity index (χ1n) is 7.13. The van der Waals surface area contributed by atoms with Gasteiger partial charge in [0.1, 0.15) is 0 Å². The minimum Gasteiger partial charge on any atom is -0.280 e. The van der Waals surface area contributed by atoms with Crippen molar-refractivity contribution in [2.45, 2.75) is 11.8 Å². The third-order valence-electron chi connectivity index (χ3n) is 3.48. The molecule has 2 aromatic carbocycles. The van der Waals surface area contributed by atoms with Gasteiger partial charge in [-0.15, -0.1) is 0 Å². The van der Waals surface area contributed by atoms with Gasteiger partial charge in [0, 0.05) is 24.5 Å². The molecule has 0 saturated heterocycles. The topological polar surface area (TPSA) is 64.0 Å². The van der Waals surface area contributed by atoms with Crippen molar-refractivity contribution in [3.05, 3.63) is 66.5 Å².